The van der Waals surface area contributed by atoms with Crippen LogP contribution >= 0.6 is 11.6 Å². The molecule has 2 amide bonds. The monoisotopic (exact) mass is 390 g/mol. The summed E-state index contributed by atoms with van der Waals surface area (Å²) in [4.78, 5) is 24.3. The van der Waals surface area contributed by atoms with Crippen LogP contribution in [0.4, 0.5) is 11.4 Å². The molecular weight excluding hydrogens is 368 g/mol. The molecule has 0 radical (unpaired) electrons. The maximum Gasteiger partial charge on any atom is 0.233 e. The highest BCUT2D eigenvalue weighted by atomic mass is 35.5. The van der Waals surface area contributed by atoms with Crippen LogP contribution in [-0.2, 0) is 9.59 Å². The van der Waals surface area contributed by atoms with E-state index >= 15 is 0 Å². The third kappa shape index (κ3) is 5.62. The molecule has 0 bridgehead atoms. The lowest BCUT2D eigenvalue weighted by Gasteiger charge is -2.13. The third-order valence-electron chi connectivity index (χ3n) is 3.93. The van der Waals surface area contributed by atoms with Crippen molar-refractivity contribution in [3.8, 4) is 11.5 Å². The van der Waals surface area contributed by atoms with Gasteiger partial charge in [-0.1, -0.05) is 37.6 Å². The van der Waals surface area contributed by atoms with Gasteiger partial charge in [0.15, 0.2) is 0 Å². The molecule has 0 heterocycles. The highest BCUT2D eigenvalue weighted by Crippen LogP contribution is 2.35. The van der Waals surface area contributed by atoms with Gasteiger partial charge in [0, 0.05) is 17.8 Å². The molecule has 0 aliphatic rings. The van der Waals surface area contributed by atoms with Crippen LogP contribution < -0.4 is 20.1 Å². The standard InChI is InChI=1S/C20H23ClN2O4/c1-12(2)13-5-7-14(8-6-13)22-19(24)11-20(25)23-16-10-17(26-3)15(21)9-18(16)27-4/h5-10,12H,11H2,1-4H3,(H,22,24)(H,23,25). The Kier molecular flexibility index (Phi) is 7.07. The van der Waals surface area contributed by atoms with Crippen LogP contribution in [0.5, 0.6) is 11.5 Å². The molecule has 2 aromatic rings. The van der Waals surface area contributed by atoms with Gasteiger partial charge < -0.3 is 20.1 Å². The van der Waals surface area contributed by atoms with Crippen molar-refractivity contribution >= 4 is 34.8 Å². The van der Waals surface area contributed by atoms with Crippen molar-refractivity contribution in [3.63, 3.8) is 0 Å². The molecule has 6 nitrogen and oxygen atoms in total. The fourth-order valence-electron chi connectivity index (χ4n) is 2.45. The topological polar surface area (TPSA) is 76.7 Å². The summed E-state index contributed by atoms with van der Waals surface area (Å²) in [6, 6.07) is 10.6. The van der Waals surface area contributed by atoms with Crippen LogP contribution in [0.15, 0.2) is 36.4 Å². The van der Waals surface area contributed by atoms with Gasteiger partial charge in [-0.15, -0.1) is 0 Å². The van der Waals surface area contributed by atoms with Crippen molar-refractivity contribution in [2.45, 2.75) is 26.2 Å². The van der Waals surface area contributed by atoms with Crippen molar-refractivity contribution in [2.24, 2.45) is 0 Å². The van der Waals surface area contributed by atoms with Gasteiger partial charge in [-0.25, -0.2) is 0 Å². The van der Waals surface area contributed by atoms with Gasteiger partial charge in [-0.3, -0.25) is 9.59 Å². The van der Waals surface area contributed by atoms with E-state index in [9.17, 15) is 9.59 Å². The SMILES string of the molecule is COc1cc(NC(=O)CC(=O)Nc2ccc(C(C)C)cc2)c(OC)cc1Cl. The number of benzene rings is 2. The van der Waals surface area contributed by atoms with Crippen LogP contribution in [0.1, 0.15) is 31.7 Å². The lowest BCUT2D eigenvalue weighted by Crippen LogP contribution is -2.21. The molecule has 0 fully saturated rings. The first kappa shape index (κ1) is 20.6. The average Bonchev–Trinajstić information content (AvgIpc) is 2.62. The van der Waals surface area contributed by atoms with E-state index in [4.69, 9.17) is 21.1 Å². The Balaban J connectivity index is 1.99. The Morgan fingerprint density at radius 2 is 1.56 bits per heavy atom. The minimum Gasteiger partial charge on any atom is -0.495 e. The normalized spacial score (nSPS) is 10.4. The lowest BCUT2D eigenvalue weighted by atomic mass is 10.0. The van der Waals surface area contributed by atoms with Crippen molar-refractivity contribution in [1.29, 1.82) is 0 Å². The van der Waals surface area contributed by atoms with Crippen LogP contribution in [0, 0.1) is 0 Å². The first-order chi connectivity index (χ1) is 12.8. The minimum absolute atomic E-state index is 0.333. The van der Waals surface area contributed by atoms with Gasteiger partial charge in [0.25, 0.3) is 0 Å². The van der Waals surface area contributed by atoms with Gasteiger partial charge in [0.1, 0.15) is 17.9 Å². The van der Waals surface area contributed by atoms with E-state index in [1.165, 1.54) is 25.8 Å². The second-order valence-corrected chi connectivity index (χ2v) is 6.64. The molecule has 144 valence electrons. The number of methoxy groups -OCH3 is 2. The molecule has 2 N–H and O–H groups in total. The largest absolute Gasteiger partial charge is 0.495 e. The summed E-state index contributed by atoms with van der Waals surface area (Å²) in [6.45, 7) is 4.19. The predicted molar refractivity (Wildman–Crippen MR) is 107 cm³/mol. The number of halogens is 1. The number of carbonyl (C=O) groups excluding carboxylic acids is 2. The smallest absolute Gasteiger partial charge is 0.233 e. The molecule has 0 saturated heterocycles. The van der Waals surface area contributed by atoms with Gasteiger partial charge in [0.05, 0.1) is 24.9 Å². The summed E-state index contributed by atoms with van der Waals surface area (Å²) in [5.74, 6) is 0.284. The van der Waals surface area contributed by atoms with E-state index in [1.54, 1.807) is 6.07 Å². The first-order valence-electron chi connectivity index (χ1n) is 8.45. The zero-order chi connectivity index (χ0) is 20.0. The zero-order valence-corrected chi connectivity index (χ0v) is 16.5. The van der Waals surface area contributed by atoms with Crippen LogP contribution in [0.2, 0.25) is 5.02 Å². The Morgan fingerprint density at radius 1 is 0.963 bits per heavy atom. The second kappa shape index (κ2) is 9.28. The third-order valence-corrected chi connectivity index (χ3v) is 4.23. The molecule has 2 rings (SSSR count). The Bertz CT molecular complexity index is 819. The molecule has 0 atom stereocenters. The quantitative estimate of drug-likeness (QED) is 0.685. The average molecular weight is 391 g/mol. The number of anilines is 2. The second-order valence-electron chi connectivity index (χ2n) is 6.24. The number of hydrogen-bond acceptors (Lipinski definition) is 4. The number of carbonyl (C=O) groups is 2. The van der Waals surface area contributed by atoms with E-state index in [-0.39, 0.29) is 6.42 Å². The molecule has 0 unspecified atom stereocenters. The number of amides is 2. The summed E-state index contributed by atoms with van der Waals surface area (Å²) in [6.07, 6.45) is -0.333. The summed E-state index contributed by atoms with van der Waals surface area (Å²) in [5.41, 5.74) is 2.19. The molecular formula is C20H23ClN2O4. The number of hydrogen-bond donors (Lipinski definition) is 2. The minimum atomic E-state index is -0.478. The maximum atomic E-state index is 12.2. The predicted octanol–water partition coefficient (Wildman–Crippen LogP) is 4.45. The fraction of sp³-hybridized carbons (Fsp3) is 0.300. The van der Waals surface area contributed by atoms with Gasteiger partial charge in [-0.05, 0) is 23.6 Å². The summed E-state index contributed by atoms with van der Waals surface area (Å²) in [7, 11) is 2.93. The van der Waals surface area contributed by atoms with Crippen molar-refractivity contribution < 1.29 is 19.1 Å². The summed E-state index contributed by atoms with van der Waals surface area (Å²) >= 11 is 6.04. The first-order valence-corrected chi connectivity index (χ1v) is 8.83. The highest BCUT2D eigenvalue weighted by molar-refractivity contribution is 6.32. The van der Waals surface area contributed by atoms with E-state index in [2.05, 4.69) is 24.5 Å². The molecule has 0 aromatic heterocycles. The summed E-state index contributed by atoms with van der Waals surface area (Å²) < 4.78 is 10.3. The van der Waals surface area contributed by atoms with E-state index < -0.39 is 11.8 Å². The maximum absolute atomic E-state index is 12.2. The Hall–Kier alpha value is -2.73. The molecule has 7 heteroatoms. The lowest BCUT2D eigenvalue weighted by molar-refractivity contribution is -0.123. The van der Waals surface area contributed by atoms with Crippen molar-refractivity contribution in [3.05, 3.63) is 47.0 Å². The van der Waals surface area contributed by atoms with Crippen LogP contribution in [-0.4, -0.2) is 26.0 Å². The molecule has 27 heavy (non-hydrogen) atoms. The number of ether oxygens (including phenoxy) is 2. The molecule has 0 aliphatic heterocycles. The molecule has 2 aromatic carbocycles. The van der Waals surface area contributed by atoms with Crippen LogP contribution in [0.25, 0.3) is 0 Å². The number of nitrogens with one attached hydrogen (secondary N) is 2. The van der Waals surface area contributed by atoms with Crippen LogP contribution in [0.3, 0.4) is 0 Å². The molecule has 0 saturated carbocycles. The Labute approximate surface area is 163 Å². The van der Waals surface area contributed by atoms with Gasteiger partial charge in [-0.2, -0.15) is 0 Å². The van der Waals surface area contributed by atoms with E-state index in [1.807, 2.05) is 24.3 Å². The van der Waals surface area contributed by atoms with E-state index in [0.29, 0.717) is 33.8 Å². The molecule has 0 spiro atoms. The summed E-state index contributed by atoms with van der Waals surface area (Å²) in [5, 5.41) is 5.71. The number of rotatable bonds is 7. The van der Waals surface area contributed by atoms with Crippen molar-refractivity contribution in [1.82, 2.24) is 0 Å². The van der Waals surface area contributed by atoms with Crippen molar-refractivity contribution in [2.75, 3.05) is 24.9 Å². The zero-order valence-electron chi connectivity index (χ0n) is 15.8. The Morgan fingerprint density at radius 3 is 2.11 bits per heavy atom. The highest BCUT2D eigenvalue weighted by Gasteiger charge is 2.15. The van der Waals surface area contributed by atoms with E-state index in [0.717, 1.165) is 0 Å². The van der Waals surface area contributed by atoms with Gasteiger partial charge >= 0.3 is 0 Å². The molecule has 0 aliphatic carbocycles. The van der Waals surface area contributed by atoms with Gasteiger partial charge in [0.2, 0.25) is 11.8 Å². The fourth-order valence-corrected chi connectivity index (χ4v) is 2.69.